The van der Waals surface area contributed by atoms with Crippen LogP contribution in [0.15, 0.2) is 40.3 Å². The highest BCUT2D eigenvalue weighted by Crippen LogP contribution is 2.16. The van der Waals surface area contributed by atoms with Crippen LogP contribution in [0.4, 0.5) is 5.69 Å². The zero-order valence-electron chi connectivity index (χ0n) is 12.8. The lowest BCUT2D eigenvalue weighted by Gasteiger charge is -2.06. The molecule has 2 N–H and O–H groups in total. The summed E-state index contributed by atoms with van der Waals surface area (Å²) in [5.74, 6) is 0.653. The molecule has 0 radical (unpaired) electrons. The summed E-state index contributed by atoms with van der Waals surface area (Å²) in [7, 11) is 3.10. The number of hydrogen-bond acceptors (Lipinski definition) is 6. The third kappa shape index (κ3) is 5.42. The number of anilines is 1. The highest BCUT2D eigenvalue weighted by Gasteiger charge is 2.07. The van der Waals surface area contributed by atoms with Crippen molar-refractivity contribution in [2.45, 2.75) is 11.8 Å². The van der Waals surface area contributed by atoms with Crippen molar-refractivity contribution in [3.8, 4) is 5.75 Å². The number of nitrogens with zero attached hydrogens (tertiary/aromatic N) is 1. The minimum absolute atomic E-state index is 0.130. The van der Waals surface area contributed by atoms with Gasteiger partial charge in [-0.2, -0.15) is 0 Å². The number of carbonyl (C=O) groups is 1. The smallest absolute Gasteiger partial charge is 0.251 e. The van der Waals surface area contributed by atoms with Gasteiger partial charge in [-0.25, -0.2) is 4.98 Å². The standard InChI is InChI=1S/C15H17N3O4S/c1-21-8-11-7-13(19)18-15(17-11)23-9-14(20)16-10-3-5-12(22-2)6-4-10/h3-7H,8-9H2,1-2H3,(H,16,20)(H,17,18,19). The van der Waals surface area contributed by atoms with Crippen molar-refractivity contribution in [3.05, 3.63) is 46.4 Å². The lowest BCUT2D eigenvalue weighted by Crippen LogP contribution is -2.16. The Bertz CT molecular complexity index is 715. The number of rotatable bonds is 7. The molecule has 0 spiro atoms. The largest absolute Gasteiger partial charge is 0.497 e. The first-order valence-corrected chi connectivity index (χ1v) is 7.75. The molecule has 0 bridgehead atoms. The fraction of sp³-hybridized carbons (Fsp3) is 0.267. The Balaban J connectivity index is 1.92. The molecule has 0 fully saturated rings. The molecule has 0 saturated carbocycles. The topological polar surface area (TPSA) is 93.3 Å². The maximum absolute atomic E-state index is 11.9. The monoisotopic (exact) mass is 335 g/mol. The van der Waals surface area contributed by atoms with Gasteiger partial charge in [0.15, 0.2) is 5.16 Å². The van der Waals surface area contributed by atoms with Gasteiger partial charge in [-0.1, -0.05) is 11.8 Å². The Hall–Kier alpha value is -2.32. The lowest BCUT2D eigenvalue weighted by atomic mass is 10.3. The van der Waals surface area contributed by atoms with Gasteiger partial charge in [0, 0.05) is 18.9 Å². The first-order chi connectivity index (χ1) is 11.1. The quantitative estimate of drug-likeness (QED) is 0.590. The van der Waals surface area contributed by atoms with E-state index in [1.54, 1.807) is 31.4 Å². The number of H-pyrrole nitrogens is 1. The van der Waals surface area contributed by atoms with E-state index in [1.807, 2.05) is 0 Å². The Labute approximate surface area is 137 Å². The van der Waals surface area contributed by atoms with Gasteiger partial charge in [-0.05, 0) is 24.3 Å². The summed E-state index contributed by atoms with van der Waals surface area (Å²) >= 11 is 1.15. The van der Waals surface area contributed by atoms with E-state index in [9.17, 15) is 9.59 Å². The summed E-state index contributed by atoms with van der Waals surface area (Å²) in [6.45, 7) is 0.246. The molecule has 23 heavy (non-hydrogen) atoms. The van der Waals surface area contributed by atoms with Crippen LogP contribution in [-0.4, -0.2) is 35.8 Å². The van der Waals surface area contributed by atoms with Crippen molar-refractivity contribution < 1.29 is 14.3 Å². The van der Waals surface area contributed by atoms with Crippen LogP contribution >= 0.6 is 11.8 Å². The van der Waals surface area contributed by atoms with Crippen molar-refractivity contribution in [1.29, 1.82) is 0 Å². The van der Waals surface area contributed by atoms with Crippen LogP contribution in [0.5, 0.6) is 5.75 Å². The second kappa shape index (κ2) is 8.35. The molecule has 2 aromatic rings. The second-order valence-corrected chi connectivity index (χ2v) is 5.50. The average Bonchev–Trinajstić information content (AvgIpc) is 2.53. The maximum atomic E-state index is 11.9. The molecule has 7 nitrogen and oxygen atoms in total. The number of nitrogens with one attached hydrogen (secondary N) is 2. The Morgan fingerprint density at radius 2 is 2.04 bits per heavy atom. The molecule has 0 aliphatic heterocycles. The molecule has 1 amide bonds. The van der Waals surface area contributed by atoms with Gasteiger partial charge >= 0.3 is 0 Å². The molecule has 0 unspecified atom stereocenters. The number of hydrogen-bond donors (Lipinski definition) is 2. The zero-order chi connectivity index (χ0) is 16.7. The van der Waals surface area contributed by atoms with Crippen LogP contribution in [0.1, 0.15) is 5.69 Å². The van der Waals surface area contributed by atoms with Crippen molar-refractivity contribution >= 4 is 23.4 Å². The molecular weight excluding hydrogens is 318 g/mol. The zero-order valence-corrected chi connectivity index (χ0v) is 13.6. The van der Waals surface area contributed by atoms with Crippen molar-refractivity contribution in [1.82, 2.24) is 9.97 Å². The number of aromatic nitrogens is 2. The van der Waals surface area contributed by atoms with E-state index in [0.29, 0.717) is 22.3 Å². The van der Waals surface area contributed by atoms with E-state index < -0.39 is 0 Å². The van der Waals surface area contributed by atoms with Gasteiger partial charge in [-0.3, -0.25) is 9.59 Å². The minimum Gasteiger partial charge on any atom is -0.497 e. The molecule has 1 aromatic carbocycles. The van der Waals surface area contributed by atoms with Gasteiger partial charge in [0.1, 0.15) is 5.75 Å². The predicted molar refractivity (Wildman–Crippen MR) is 87.9 cm³/mol. The Kier molecular flexibility index (Phi) is 6.19. The van der Waals surface area contributed by atoms with Gasteiger partial charge in [-0.15, -0.1) is 0 Å². The van der Waals surface area contributed by atoms with Gasteiger partial charge < -0.3 is 19.8 Å². The van der Waals surface area contributed by atoms with Gasteiger partial charge in [0.25, 0.3) is 5.56 Å². The number of amides is 1. The normalized spacial score (nSPS) is 10.3. The number of ether oxygens (including phenoxy) is 2. The van der Waals surface area contributed by atoms with E-state index in [1.165, 1.54) is 13.2 Å². The van der Waals surface area contributed by atoms with E-state index in [0.717, 1.165) is 11.8 Å². The fourth-order valence-corrected chi connectivity index (χ4v) is 2.47. The van der Waals surface area contributed by atoms with Crippen molar-refractivity contribution in [3.63, 3.8) is 0 Å². The van der Waals surface area contributed by atoms with Gasteiger partial charge in [0.05, 0.1) is 25.2 Å². The lowest BCUT2D eigenvalue weighted by molar-refractivity contribution is -0.113. The summed E-state index contributed by atoms with van der Waals surface area (Å²) < 4.78 is 10.00. The maximum Gasteiger partial charge on any atom is 0.251 e. The first-order valence-electron chi connectivity index (χ1n) is 6.76. The molecule has 2 rings (SSSR count). The van der Waals surface area contributed by atoms with Crippen LogP contribution in [-0.2, 0) is 16.1 Å². The fourth-order valence-electron chi connectivity index (χ4n) is 1.78. The molecule has 0 aliphatic carbocycles. The highest BCUT2D eigenvalue weighted by atomic mass is 32.2. The van der Waals surface area contributed by atoms with E-state index in [2.05, 4.69) is 15.3 Å². The molecule has 0 aliphatic rings. The molecule has 1 aromatic heterocycles. The summed E-state index contributed by atoms with van der Waals surface area (Å²) in [6, 6.07) is 8.39. The molecule has 0 atom stereocenters. The summed E-state index contributed by atoms with van der Waals surface area (Å²) in [5.41, 5.74) is 0.922. The number of benzene rings is 1. The molecule has 0 saturated heterocycles. The van der Waals surface area contributed by atoms with Crippen LogP contribution in [0.25, 0.3) is 0 Å². The predicted octanol–water partition coefficient (Wildman–Crippen LogP) is 1.66. The first kappa shape index (κ1) is 17.0. The minimum atomic E-state index is -0.273. The summed E-state index contributed by atoms with van der Waals surface area (Å²) in [5, 5.41) is 3.14. The number of thioether (sulfide) groups is 1. The Morgan fingerprint density at radius 1 is 1.30 bits per heavy atom. The summed E-state index contributed by atoms with van der Waals surface area (Å²) in [6.07, 6.45) is 0. The molecule has 122 valence electrons. The van der Waals surface area contributed by atoms with Crippen LogP contribution in [0.3, 0.4) is 0 Å². The van der Waals surface area contributed by atoms with E-state index in [4.69, 9.17) is 9.47 Å². The molecule has 1 heterocycles. The molecule has 8 heteroatoms. The average molecular weight is 335 g/mol. The summed E-state index contributed by atoms with van der Waals surface area (Å²) in [4.78, 5) is 30.2. The number of carbonyl (C=O) groups excluding carboxylic acids is 1. The Morgan fingerprint density at radius 3 is 2.70 bits per heavy atom. The number of methoxy groups -OCH3 is 2. The van der Waals surface area contributed by atoms with E-state index in [-0.39, 0.29) is 23.8 Å². The van der Waals surface area contributed by atoms with Crippen LogP contribution in [0, 0.1) is 0 Å². The van der Waals surface area contributed by atoms with Crippen LogP contribution < -0.4 is 15.6 Å². The third-order valence-corrected chi connectivity index (χ3v) is 3.65. The third-order valence-electron chi connectivity index (χ3n) is 2.78. The van der Waals surface area contributed by atoms with Crippen molar-refractivity contribution in [2.75, 3.05) is 25.3 Å². The second-order valence-electron chi connectivity index (χ2n) is 4.54. The van der Waals surface area contributed by atoms with Gasteiger partial charge in [0.2, 0.25) is 5.91 Å². The van der Waals surface area contributed by atoms with E-state index >= 15 is 0 Å². The van der Waals surface area contributed by atoms with Crippen molar-refractivity contribution in [2.24, 2.45) is 0 Å². The molecular formula is C15H17N3O4S. The number of aromatic amines is 1. The SMILES string of the molecule is COCc1cc(=O)[nH]c(SCC(=O)Nc2ccc(OC)cc2)n1. The van der Waals surface area contributed by atoms with Crippen LogP contribution in [0.2, 0.25) is 0 Å². The highest BCUT2D eigenvalue weighted by molar-refractivity contribution is 7.99.